The lowest BCUT2D eigenvalue weighted by atomic mass is 10.1. The van der Waals surface area contributed by atoms with Crippen molar-refractivity contribution < 1.29 is 18.7 Å². The molecule has 0 atom stereocenters. The van der Waals surface area contributed by atoms with Crippen molar-refractivity contribution in [1.29, 1.82) is 0 Å². The number of hydrogen-bond acceptors (Lipinski definition) is 4. The summed E-state index contributed by atoms with van der Waals surface area (Å²) in [5, 5.41) is 6.30. The zero-order valence-electron chi connectivity index (χ0n) is 15.7. The quantitative estimate of drug-likeness (QED) is 0.443. The molecular formula is C20H24FN3O3. The predicted octanol–water partition coefficient (Wildman–Crippen LogP) is 2.53. The zero-order chi connectivity index (χ0) is 19.6. The van der Waals surface area contributed by atoms with E-state index >= 15 is 0 Å². The van der Waals surface area contributed by atoms with Crippen molar-refractivity contribution in [3.8, 4) is 5.75 Å². The maximum atomic E-state index is 13.6. The molecule has 0 aromatic heterocycles. The molecule has 0 saturated heterocycles. The van der Waals surface area contributed by atoms with E-state index in [0.717, 1.165) is 5.56 Å². The van der Waals surface area contributed by atoms with Gasteiger partial charge in [-0.1, -0.05) is 24.3 Å². The van der Waals surface area contributed by atoms with Crippen molar-refractivity contribution in [2.24, 2.45) is 4.99 Å². The molecule has 2 rings (SSSR count). The molecule has 0 heterocycles. The highest BCUT2D eigenvalue weighted by Crippen LogP contribution is 2.20. The number of carbonyl (C=O) groups is 1. The van der Waals surface area contributed by atoms with E-state index in [9.17, 15) is 9.18 Å². The summed E-state index contributed by atoms with van der Waals surface area (Å²) in [6.45, 7) is 0.990. The molecule has 0 unspecified atom stereocenters. The number of methoxy groups -OCH3 is 2. The number of hydrogen-bond donors (Lipinski definition) is 2. The Hall–Kier alpha value is -3.09. The van der Waals surface area contributed by atoms with Crippen LogP contribution >= 0.6 is 0 Å². The average molecular weight is 373 g/mol. The van der Waals surface area contributed by atoms with Crippen LogP contribution in [-0.2, 0) is 17.7 Å². The number of nitrogens with one attached hydrogen (secondary N) is 2. The van der Waals surface area contributed by atoms with E-state index in [-0.39, 0.29) is 5.82 Å². The molecule has 2 aromatic rings. The molecule has 0 bridgehead atoms. The number of ether oxygens (including phenoxy) is 2. The van der Waals surface area contributed by atoms with E-state index in [2.05, 4.69) is 15.6 Å². The van der Waals surface area contributed by atoms with E-state index in [0.29, 0.717) is 42.3 Å². The van der Waals surface area contributed by atoms with Crippen LogP contribution in [0.5, 0.6) is 5.75 Å². The number of benzene rings is 2. The molecule has 6 nitrogen and oxygen atoms in total. The Morgan fingerprint density at radius 1 is 1.15 bits per heavy atom. The SMILES string of the molecule is CN=C(NCCc1ccccc1F)NCc1ccc(OC)c(C(=O)OC)c1. The molecule has 27 heavy (non-hydrogen) atoms. The highest BCUT2D eigenvalue weighted by molar-refractivity contribution is 5.92. The maximum absolute atomic E-state index is 13.6. The first kappa shape index (κ1) is 20.2. The predicted molar refractivity (Wildman–Crippen MR) is 103 cm³/mol. The second-order valence-corrected chi connectivity index (χ2v) is 5.72. The lowest BCUT2D eigenvalue weighted by Gasteiger charge is -2.13. The molecule has 144 valence electrons. The summed E-state index contributed by atoms with van der Waals surface area (Å²) in [6, 6.07) is 12.0. The van der Waals surface area contributed by atoms with Crippen molar-refractivity contribution in [2.75, 3.05) is 27.8 Å². The van der Waals surface area contributed by atoms with E-state index in [4.69, 9.17) is 9.47 Å². The highest BCUT2D eigenvalue weighted by Gasteiger charge is 2.13. The van der Waals surface area contributed by atoms with Gasteiger partial charge < -0.3 is 20.1 Å². The van der Waals surface area contributed by atoms with Gasteiger partial charge in [-0.05, 0) is 35.7 Å². The molecule has 0 spiro atoms. The third-order valence-electron chi connectivity index (χ3n) is 4.00. The first-order valence-electron chi connectivity index (χ1n) is 8.52. The van der Waals surface area contributed by atoms with Crippen LogP contribution in [0.1, 0.15) is 21.5 Å². The third kappa shape index (κ3) is 5.70. The minimum Gasteiger partial charge on any atom is -0.496 e. The number of aliphatic imine (C=N–C) groups is 1. The molecular weight excluding hydrogens is 349 g/mol. The minimum absolute atomic E-state index is 0.212. The number of rotatable bonds is 7. The van der Waals surface area contributed by atoms with Gasteiger partial charge >= 0.3 is 5.97 Å². The van der Waals surface area contributed by atoms with Gasteiger partial charge in [0.1, 0.15) is 17.1 Å². The molecule has 0 radical (unpaired) electrons. The second kappa shape index (κ2) is 10.2. The smallest absolute Gasteiger partial charge is 0.341 e. The van der Waals surface area contributed by atoms with Crippen molar-refractivity contribution in [2.45, 2.75) is 13.0 Å². The number of halogens is 1. The summed E-state index contributed by atoms with van der Waals surface area (Å²) in [6.07, 6.45) is 0.544. The monoisotopic (exact) mass is 373 g/mol. The molecule has 2 aromatic carbocycles. The summed E-state index contributed by atoms with van der Waals surface area (Å²) < 4.78 is 23.6. The van der Waals surface area contributed by atoms with Gasteiger partial charge in [0.15, 0.2) is 5.96 Å². The van der Waals surface area contributed by atoms with Gasteiger partial charge in [0.2, 0.25) is 0 Å². The fraction of sp³-hybridized carbons (Fsp3) is 0.300. The Morgan fingerprint density at radius 2 is 1.93 bits per heavy atom. The Kier molecular flexibility index (Phi) is 7.61. The van der Waals surface area contributed by atoms with Crippen molar-refractivity contribution >= 4 is 11.9 Å². The van der Waals surface area contributed by atoms with Gasteiger partial charge in [-0.3, -0.25) is 4.99 Å². The van der Waals surface area contributed by atoms with Gasteiger partial charge in [0.05, 0.1) is 14.2 Å². The average Bonchev–Trinajstić information content (AvgIpc) is 2.71. The Balaban J connectivity index is 1.92. The number of carbonyl (C=O) groups excluding carboxylic acids is 1. The number of nitrogens with zero attached hydrogens (tertiary/aromatic N) is 1. The first-order valence-corrected chi connectivity index (χ1v) is 8.52. The Morgan fingerprint density at radius 3 is 2.59 bits per heavy atom. The van der Waals surface area contributed by atoms with Crippen LogP contribution in [0, 0.1) is 5.82 Å². The van der Waals surface area contributed by atoms with Crippen molar-refractivity contribution in [3.05, 3.63) is 65.0 Å². The fourth-order valence-electron chi connectivity index (χ4n) is 2.56. The Bertz CT molecular complexity index is 809. The van der Waals surface area contributed by atoms with Crippen molar-refractivity contribution in [1.82, 2.24) is 10.6 Å². The topological polar surface area (TPSA) is 72.0 Å². The van der Waals surface area contributed by atoms with E-state index in [1.165, 1.54) is 20.3 Å². The van der Waals surface area contributed by atoms with Gasteiger partial charge in [0.25, 0.3) is 0 Å². The van der Waals surface area contributed by atoms with Gasteiger partial charge in [0, 0.05) is 20.1 Å². The zero-order valence-corrected chi connectivity index (χ0v) is 15.7. The van der Waals surface area contributed by atoms with Crippen LogP contribution in [0.25, 0.3) is 0 Å². The lowest BCUT2D eigenvalue weighted by molar-refractivity contribution is 0.0597. The second-order valence-electron chi connectivity index (χ2n) is 5.72. The van der Waals surface area contributed by atoms with Crippen LogP contribution in [0.15, 0.2) is 47.5 Å². The summed E-state index contributed by atoms with van der Waals surface area (Å²) in [7, 11) is 4.49. The largest absolute Gasteiger partial charge is 0.496 e. The molecule has 2 N–H and O–H groups in total. The third-order valence-corrected chi connectivity index (χ3v) is 4.00. The van der Waals surface area contributed by atoms with Crippen LogP contribution in [0.2, 0.25) is 0 Å². The van der Waals surface area contributed by atoms with Gasteiger partial charge in [-0.2, -0.15) is 0 Å². The normalized spacial score (nSPS) is 11.0. The van der Waals surface area contributed by atoms with Crippen LogP contribution in [-0.4, -0.2) is 39.7 Å². The van der Waals surface area contributed by atoms with Crippen molar-refractivity contribution in [3.63, 3.8) is 0 Å². The van der Waals surface area contributed by atoms with E-state index in [1.807, 2.05) is 12.1 Å². The molecule has 0 saturated carbocycles. The fourth-order valence-corrected chi connectivity index (χ4v) is 2.56. The van der Waals surface area contributed by atoms with Crippen LogP contribution in [0.4, 0.5) is 4.39 Å². The summed E-state index contributed by atoms with van der Waals surface area (Å²) in [5.74, 6) is 0.372. The van der Waals surface area contributed by atoms with Gasteiger partial charge in [-0.15, -0.1) is 0 Å². The van der Waals surface area contributed by atoms with Crippen LogP contribution in [0.3, 0.4) is 0 Å². The first-order chi connectivity index (χ1) is 13.1. The van der Waals surface area contributed by atoms with Crippen LogP contribution < -0.4 is 15.4 Å². The summed E-state index contributed by atoms with van der Waals surface area (Å²) in [5.41, 5.74) is 1.88. The van der Waals surface area contributed by atoms with Gasteiger partial charge in [-0.25, -0.2) is 9.18 Å². The molecule has 0 aliphatic carbocycles. The molecule has 7 heteroatoms. The molecule has 0 amide bonds. The minimum atomic E-state index is -0.457. The molecule has 0 aliphatic heterocycles. The number of esters is 1. The molecule has 0 fully saturated rings. The van der Waals surface area contributed by atoms with E-state index in [1.54, 1.807) is 31.3 Å². The Labute approximate surface area is 158 Å². The number of guanidine groups is 1. The molecule has 0 aliphatic rings. The maximum Gasteiger partial charge on any atom is 0.341 e. The standard InChI is InChI=1S/C20H24FN3O3/c1-22-20(23-11-10-15-6-4-5-7-17(15)21)24-13-14-8-9-18(26-2)16(12-14)19(25)27-3/h4-9,12H,10-11,13H2,1-3H3,(H2,22,23,24). The summed E-state index contributed by atoms with van der Waals surface area (Å²) in [4.78, 5) is 16.0. The highest BCUT2D eigenvalue weighted by atomic mass is 19.1. The lowest BCUT2D eigenvalue weighted by Crippen LogP contribution is -2.38. The summed E-state index contributed by atoms with van der Waals surface area (Å²) >= 11 is 0. The van der Waals surface area contributed by atoms with E-state index < -0.39 is 5.97 Å².